The molecule has 0 radical (unpaired) electrons. The number of pyridine rings is 1. The third-order valence-corrected chi connectivity index (χ3v) is 7.89. The van der Waals surface area contributed by atoms with Crippen LogP contribution in [0.1, 0.15) is 59.2 Å². The van der Waals surface area contributed by atoms with Crippen molar-refractivity contribution in [3.05, 3.63) is 51.6 Å². The summed E-state index contributed by atoms with van der Waals surface area (Å²) in [6.07, 6.45) is 9.12. The normalized spacial score (nSPS) is 28.5. The molecule has 2 aromatic rings. The van der Waals surface area contributed by atoms with Gasteiger partial charge < -0.3 is 10.4 Å². The molecule has 4 fully saturated rings. The molecule has 31 heavy (non-hydrogen) atoms. The second kappa shape index (κ2) is 7.79. The van der Waals surface area contributed by atoms with Gasteiger partial charge in [-0.2, -0.15) is 0 Å². The monoisotopic (exact) mass is 458 g/mol. The van der Waals surface area contributed by atoms with Gasteiger partial charge in [0, 0.05) is 18.3 Å². The van der Waals surface area contributed by atoms with E-state index in [1.807, 2.05) is 0 Å². The minimum absolute atomic E-state index is 0.0188. The highest BCUT2D eigenvalue weighted by Gasteiger charge is 2.50. The van der Waals surface area contributed by atoms with E-state index in [2.05, 4.69) is 10.3 Å². The maximum Gasteiger partial charge on any atom is 0.337 e. The third-order valence-electron chi connectivity index (χ3n) is 7.36. The van der Waals surface area contributed by atoms with Crippen LogP contribution < -0.4 is 5.32 Å². The summed E-state index contributed by atoms with van der Waals surface area (Å²) in [4.78, 5) is 28.9. The van der Waals surface area contributed by atoms with Gasteiger partial charge in [0.2, 0.25) is 0 Å². The van der Waals surface area contributed by atoms with Gasteiger partial charge in [-0.1, -0.05) is 29.3 Å². The smallest absolute Gasteiger partial charge is 0.337 e. The molecule has 1 aromatic carbocycles. The first kappa shape index (κ1) is 20.8. The summed E-state index contributed by atoms with van der Waals surface area (Å²) in [7, 11) is 0. The van der Waals surface area contributed by atoms with Gasteiger partial charge >= 0.3 is 5.97 Å². The van der Waals surface area contributed by atoms with Crippen LogP contribution in [0.25, 0.3) is 11.3 Å². The highest BCUT2D eigenvalue weighted by molar-refractivity contribution is 6.34. The van der Waals surface area contributed by atoms with Crippen LogP contribution >= 0.6 is 23.2 Å². The first-order valence-corrected chi connectivity index (χ1v) is 11.5. The molecule has 0 aliphatic heterocycles. The summed E-state index contributed by atoms with van der Waals surface area (Å²) in [5, 5.41) is 13.2. The van der Waals surface area contributed by atoms with Crippen molar-refractivity contribution in [3.8, 4) is 11.3 Å². The molecule has 6 rings (SSSR count). The first-order chi connectivity index (χ1) is 14.8. The Hall–Kier alpha value is -2.11. The maximum absolute atomic E-state index is 13.1. The Morgan fingerprint density at radius 1 is 1.03 bits per heavy atom. The van der Waals surface area contributed by atoms with Crippen molar-refractivity contribution < 1.29 is 14.7 Å². The van der Waals surface area contributed by atoms with E-state index in [-0.39, 0.29) is 27.6 Å². The van der Waals surface area contributed by atoms with Crippen molar-refractivity contribution in [2.45, 2.75) is 38.5 Å². The topological polar surface area (TPSA) is 79.3 Å². The van der Waals surface area contributed by atoms with Gasteiger partial charge in [-0.25, -0.2) is 4.79 Å². The van der Waals surface area contributed by atoms with E-state index in [9.17, 15) is 14.7 Å². The number of carbonyl (C=O) groups excluding carboxylic acids is 1. The van der Waals surface area contributed by atoms with Crippen molar-refractivity contribution in [3.63, 3.8) is 0 Å². The largest absolute Gasteiger partial charge is 0.478 e. The Labute approximate surface area is 191 Å². The van der Waals surface area contributed by atoms with Crippen LogP contribution in [0.2, 0.25) is 10.0 Å². The van der Waals surface area contributed by atoms with Crippen LogP contribution in [0.4, 0.5) is 0 Å². The van der Waals surface area contributed by atoms with Gasteiger partial charge in [-0.15, -0.1) is 0 Å². The molecule has 7 heteroatoms. The van der Waals surface area contributed by atoms with Crippen molar-refractivity contribution in [2.24, 2.45) is 23.2 Å². The number of nitrogens with one attached hydrogen (secondary N) is 1. The molecule has 1 aromatic heterocycles. The van der Waals surface area contributed by atoms with Gasteiger partial charge in [0.05, 0.1) is 26.9 Å². The van der Waals surface area contributed by atoms with E-state index in [0.717, 1.165) is 17.8 Å². The SMILES string of the molecule is O=C(NCC12CC3CC(CC(C3)C1)C2)c1cc(-c2ncc(Cl)cc2C(=O)O)ccc1Cl. The number of rotatable bonds is 5. The fourth-order valence-electron chi connectivity index (χ4n) is 6.55. The Bertz CT molecular complexity index is 1030. The number of carbonyl (C=O) groups is 2. The quantitative estimate of drug-likeness (QED) is 0.601. The Morgan fingerprint density at radius 2 is 1.68 bits per heavy atom. The zero-order valence-electron chi connectivity index (χ0n) is 17.0. The molecule has 4 aliphatic carbocycles. The van der Waals surface area contributed by atoms with Crippen LogP contribution in [-0.4, -0.2) is 28.5 Å². The number of hydrogen-bond donors (Lipinski definition) is 2. The van der Waals surface area contributed by atoms with Crippen molar-refractivity contribution >= 4 is 35.1 Å². The second-order valence-electron chi connectivity index (χ2n) is 9.65. The maximum atomic E-state index is 13.1. The molecule has 2 N–H and O–H groups in total. The van der Waals surface area contributed by atoms with Gasteiger partial charge in [-0.05, 0) is 79.9 Å². The fraction of sp³-hybridized carbons (Fsp3) is 0.458. The number of aromatic nitrogens is 1. The molecule has 0 unspecified atom stereocenters. The summed E-state index contributed by atoms with van der Waals surface area (Å²) in [5.74, 6) is 1.10. The molecule has 0 saturated heterocycles. The zero-order valence-corrected chi connectivity index (χ0v) is 18.5. The summed E-state index contributed by atoms with van der Waals surface area (Å²) < 4.78 is 0. The number of benzene rings is 1. The van der Waals surface area contributed by atoms with E-state index in [4.69, 9.17) is 23.2 Å². The fourth-order valence-corrected chi connectivity index (χ4v) is 6.91. The molecule has 5 nitrogen and oxygen atoms in total. The lowest BCUT2D eigenvalue weighted by Gasteiger charge is -2.56. The zero-order chi connectivity index (χ0) is 21.8. The van der Waals surface area contributed by atoms with Crippen LogP contribution in [0.5, 0.6) is 0 Å². The highest BCUT2D eigenvalue weighted by Crippen LogP contribution is 2.59. The molecule has 0 atom stereocenters. The molecule has 162 valence electrons. The third kappa shape index (κ3) is 3.94. The van der Waals surface area contributed by atoms with Crippen LogP contribution in [0.3, 0.4) is 0 Å². The van der Waals surface area contributed by atoms with E-state index in [0.29, 0.717) is 22.7 Å². The highest BCUT2D eigenvalue weighted by atomic mass is 35.5. The minimum Gasteiger partial charge on any atom is -0.478 e. The number of carboxylic acids is 1. The Balaban J connectivity index is 1.38. The van der Waals surface area contributed by atoms with Crippen molar-refractivity contribution in [2.75, 3.05) is 6.54 Å². The predicted molar refractivity (Wildman–Crippen MR) is 120 cm³/mol. The van der Waals surface area contributed by atoms with E-state index in [1.54, 1.807) is 18.2 Å². The molecule has 4 saturated carbocycles. The predicted octanol–water partition coefficient (Wildman–Crippen LogP) is 5.70. The second-order valence-corrected chi connectivity index (χ2v) is 10.5. The van der Waals surface area contributed by atoms with Gasteiger partial charge in [0.15, 0.2) is 0 Å². The standard InChI is InChI=1S/C24H24Cl2N2O3/c25-17-7-19(23(30)31)21(27-11-17)16-1-2-20(26)18(6-16)22(29)28-12-24-8-13-3-14(9-24)5-15(4-13)10-24/h1-2,6-7,11,13-15H,3-5,8-10,12H2,(H,28,29)(H,30,31). The van der Waals surface area contributed by atoms with Gasteiger partial charge in [-0.3, -0.25) is 9.78 Å². The molecular formula is C24H24Cl2N2O3. The van der Waals surface area contributed by atoms with Crippen LogP contribution in [0, 0.1) is 23.2 Å². The van der Waals surface area contributed by atoms with Crippen LogP contribution in [0.15, 0.2) is 30.5 Å². The average molecular weight is 459 g/mol. The molecule has 4 aliphatic rings. The number of aromatic carboxylic acids is 1. The lowest BCUT2D eigenvalue weighted by molar-refractivity contribution is -0.0503. The van der Waals surface area contributed by atoms with E-state index < -0.39 is 5.97 Å². The summed E-state index contributed by atoms with van der Waals surface area (Å²) in [6, 6.07) is 6.24. The lowest BCUT2D eigenvalue weighted by Crippen LogP contribution is -2.51. The minimum atomic E-state index is -1.13. The molecule has 1 heterocycles. The summed E-state index contributed by atoms with van der Waals surface area (Å²) in [6.45, 7) is 0.676. The lowest BCUT2D eigenvalue weighted by atomic mass is 9.49. The number of carboxylic acid groups (broad SMARTS) is 1. The molecule has 1 amide bonds. The Morgan fingerprint density at radius 3 is 2.29 bits per heavy atom. The summed E-state index contributed by atoms with van der Waals surface area (Å²) >= 11 is 12.3. The van der Waals surface area contributed by atoms with Crippen LogP contribution in [-0.2, 0) is 0 Å². The molecular weight excluding hydrogens is 435 g/mol. The average Bonchev–Trinajstić information content (AvgIpc) is 2.71. The number of nitrogens with zero attached hydrogens (tertiary/aromatic N) is 1. The number of amides is 1. The van der Waals surface area contributed by atoms with E-state index in [1.165, 1.54) is 50.8 Å². The Kier molecular flexibility index (Phi) is 5.22. The van der Waals surface area contributed by atoms with Crippen molar-refractivity contribution in [1.82, 2.24) is 10.3 Å². The molecule has 0 spiro atoms. The van der Waals surface area contributed by atoms with Gasteiger partial charge in [0.25, 0.3) is 5.91 Å². The van der Waals surface area contributed by atoms with Gasteiger partial charge in [0.1, 0.15) is 0 Å². The van der Waals surface area contributed by atoms with E-state index >= 15 is 0 Å². The first-order valence-electron chi connectivity index (χ1n) is 10.8. The van der Waals surface area contributed by atoms with Crippen molar-refractivity contribution in [1.29, 1.82) is 0 Å². The molecule has 4 bridgehead atoms. The number of halogens is 2. The number of hydrogen-bond acceptors (Lipinski definition) is 3. The summed E-state index contributed by atoms with van der Waals surface area (Å²) in [5.41, 5.74) is 1.30.